The summed E-state index contributed by atoms with van der Waals surface area (Å²) in [6, 6.07) is 1.86. The smallest absolute Gasteiger partial charge is 0.307 e. The number of ether oxygens (including phenoxy) is 2. The van der Waals surface area contributed by atoms with Gasteiger partial charge in [0.1, 0.15) is 0 Å². The van der Waals surface area contributed by atoms with Gasteiger partial charge < -0.3 is 19.9 Å². The first kappa shape index (κ1) is 15.9. The van der Waals surface area contributed by atoms with Crippen LogP contribution in [0.5, 0.6) is 11.5 Å². The molecule has 1 aromatic carbocycles. The fourth-order valence-corrected chi connectivity index (χ4v) is 3.25. The van der Waals surface area contributed by atoms with Crippen LogP contribution in [0.4, 0.5) is 0 Å². The number of nitrogens with one attached hydrogen (secondary N) is 1. The van der Waals surface area contributed by atoms with Gasteiger partial charge in [-0.3, -0.25) is 4.79 Å². The normalized spacial score (nSPS) is 21.3. The molecule has 0 spiro atoms. The van der Waals surface area contributed by atoms with Crippen molar-refractivity contribution in [3.63, 3.8) is 0 Å². The van der Waals surface area contributed by atoms with Crippen LogP contribution in [-0.2, 0) is 11.2 Å². The van der Waals surface area contributed by atoms with E-state index in [4.69, 9.17) is 26.2 Å². The van der Waals surface area contributed by atoms with Crippen LogP contribution >= 0.6 is 11.6 Å². The first-order valence-corrected chi connectivity index (χ1v) is 7.30. The SMILES string of the molecule is CCc1c(C2CC(C(=O)O)CN2)cc(OC)c(OC)c1Cl. The monoisotopic (exact) mass is 313 g/mol. The predicted octanol–water partition coefficient (Wildman–Crippen LogP) is 2.65. The highest BCUT2D eigenvalue weighted by atomic mass is 35.5. The molecule has 116 valence electrons. The van der Waals surface area contributed by atoms with Gasteiger partial charge in [-0.15, -0.1) is 0 Å². The zero-order valence-electron chi connectivity index (χ0n) is 12.4. The van der Waals surface area contributed by atoms with Crippen LogP contribution in [0.15, 0.2) is 6.07 Å². The number of rotatable bonds is 5. The Bertz CT molecular complexity index is 547. The van der Waals surface area contributed by atoms with E-state index < -0.39 is 5.97 Å². The van der Waals surface area contributed by atoms with Gasteiger partial charge in [-0.1, -0.05) is 18.5 Å². The van der Waals surface area contributed by atoms with Gasteiger partial charge in [0.05, 0.1) is 25.2 Å². The highest BCUT2D eigenvalue weighted by Crippen LogP contribution is 2.43. The average molecular weight is 314 g/mol. The molecular formula is C15H20ClNO4. The minimum Gasteiger partial charge on any atom is -0.493 e. The van der Waals surface area contributed by atoms with Crippen LogP contribution in [-0.4, -0.2) is 31.8 Å². The second kappa shape index (κ2) is 6.54. The maximum Gasteiger partial charge on any atom is 0.307 e. The Labute approximate surface area is 129 Å². The van der Waals surface area contributed by atoms with Crippen molar-refractivity contribution in [2.24, 2.45) is 5.92 Å². The summed E-state index contributed by atoms with van der Waals surface area (Å²) in [6.45, 7) is 2.48. The highest BCUT2D eigenvalue weighted by molar-refractivity contribution is 6.33. The first-order valence-electron chi connectivity index (χ1n) is 6.92. The fourth-order valence-electron chi connectivity index (χ4n) is 2.84. The molecule has 2 N–H and O–H groups in total. The third-order valence-corrected chi connectivity index (χ3v) is 4.36. The molecule has 21 heavy (non-hydrogen) atoms. The van der Waals surface area contributed by atoms with E-state index in [1.54, 1.807) is 14.2 Å². The van der Waals surface area contributed by atoms with Gasteiger partial charge in [0.2, 0.25) is 0 Å². The van der Waals surface area contributed by atoms with Gasteiger partial charge in [0.15, 0.2) is 11.5 Å². The maximum absolute atomic E-state index is 11.1. The Morgan fingerprint density at radius 1 is 1.48 bits per heavy atom. The quantitative estimate of drug-likeness (QED) is 0.874. The molecule has 0 amide bonds. The largest absolute Gasteiger partial charge is 0.493 e. The maximum atomic E-state index is 11.1. The number of carbonyl (C=O) groups is 1. The summed E-state index contributed by atoms with van der Waals surface area (Å²) in [7, 11) is 3.11. The van der Waals surface area contributed by atoms with Crippen LogP contribution in [0.2, 0.25) is 5.02 Å². The molecule has 1 aromatic rings. The van der Waals surface area contributed by atoms with Crippen LogP contribution in [0.1, 0.15) is 30.5 Å². The summed E-state index contributed by atoms with van der Waals surface area (Å²) in [6.07, 6.45) is 1.29. The second-order valence-electron chi connectivity index (χ2n) is 5.08. The van der Waals surface area contributed by atoms with E-state index in [2.05, 4.69) is 5.32 Å². The number of hydrogen-bond acceptors (Lipinski definition) is 4. The lowest BCUT2D eigenvalue weighted by molar-refractivity contribution is -0.141. The van der Waals surface area contributed by atoms with Crippen molar-refractivity contribution in [2.75, 3.05) is 20.8 Å². The molecule has 2 unspecified atom stereocenters. The number of halogens is 1. The molecule has 1 saturated heterocycles. The summed E-state index contributed by atoms with van der Waals surface area (Å²) in [4.78, 5) is 11.1. The second-order valence-corrected chi connectivity index (χ2v) is 5.46. The molecule has 0 aromatic heterocycles. The standard InChI is InChI=1S/C15H20ClNO4/c1-4-9-10(11-5-8(7-17-11)15(18)19)6-12(20-2)14(21-3)13(9)16/h6,8,11,17H,4-5,7H2,1-3H3,(H,18,19). The number of hydrogen-bond donors (Lipinski definition) is 2. The van der Waals surface area contributed by atoms with Gasteiger partial charge in [-0.25, -0.2) is 0 Å². The lowest BCUT2D eigenvalue weighted by atomic mass is 9.94. The molecule has 0 saturated carbocycles. The van der Waals surface area contributed by atoms with Crippen LogP contribution < -0.4 is 14.8 Å². The predicted molar refractivity (Wildman–Crippen MR) is 80.4 cm³/mol. The molecule has 1 aliphatic heterocycles. The molecule has 1 fully saturated rings. The molecule has 1 heterocycles. The lowest BCUT2D eigenvalue weighted by Crippen LogP contribution is -2.18. The summed E-state index contributed by atoms with van der Waals surface area (Å²) in [5.41, 5.74) is 1.96. The molecule has 6 heteroatoms. The van der Waals surface area contributed by atoms with Crippen molar-refractivity contribution in [2.45, 2.75) is 25.8 Å². The number of carboxylic acids is 1. The minimum atomic E-state index is -0.769. The third-order valence-electron chi connectivity index (χ3n) is 3.96. The van der Waals surface area contributed by atoms with E-state index in [0.717, 1.165) is 17.5 Å². The van der Waals surface area contributed by atoms with Crippen LogP contribution in [0.25, 0.3) is 0 Å². The summed E-state index contributed by atoms with van der Waals surface area (Å²) < 4.78 is 10.7. The molecule has 2 atom stereocenters. The minimum absolute atomic E-state index is 0.0293. The Balaban J connectivity index is 2.44. The van der Waals surface area contributed by atoms with Crippen molar-refractivity contribution < 1.29 is 19.4 Å². The number of carboxylic acid groups (broad SMARTS) is 1. The van der Waals surface area contributed by atoms with E-state index in [9.17, 15) is 4.79 Å². The lowest BCUT2D eigenvalue weighted by Gasteiger charge is -2.20. The van der Waals surface area contributed by atoms with Gasteiger partial charge in [0.25, 0.3) is 0 Å². The topological polar surface area (TPSA) is 67.8 Å². The van der Waals surface area contributed by atoms with Crippen molar-refractivity contribution in [1.82, 2.24) is 5.32 Å². The number of methoxy groups -OCH3 is 2. The van der Waals surface area contributed by atoms with Crippen molar-refractivity contribution in [3.05, 3.63) is 22.2 Å². The zero-order chi connectivity index (χ0) is 15.6. The van der Waals surface area contributed by atoms with Gasteiger partial charge in [-0.2, -0.15) is 0 Å². The van der Waals surface area contributed by atoms with Crippen LogP contribution in [0, 0.1) is 5.92 Å². The van der Waals surface area contributed by atoms with E-state index in [0.29, 0.717) is 29.5 Å². The van der Waals surface area contributed by atoms with Crippen molar-refractivity contribution in [3.8, 4) is 11.5 Å². The summed E-state index contributed by atoms with van der Waals surface area (Å²) in [5, 5.41) is 12.9. The number of benzene rings is 1. The molecule has 0 bridgehead atoms. The van der Waals surface area contributed by atoms with E-state index in [1.807, 2.05) is 13.0 Å². The highest BCUT2D eigenvalue weighted by Gasteiger charge is 2.32. The number of aliphatic carboxylic acids is 1. The molecule has 0 aliphatic carbocycles. The fraction of sp³-hybridized carbons (Fsp3) is 0.533. The Morgan fingerprint density at radius 3 is 2.67 bits per heavy atom. The zero-order valence-corrected chi connectivity index (χ0v) is 13.2. The summed E-state index contributed by atoms with van der Waals surface area (Å²) in [5.74, 6) is -0.0518. The summed E-state index contributed by atoms with van der Waals surface area (Å²) >= 11 is 6.43. The van der Waals surface area contributed by atoms with E-state index in [1.165, 1.54) is 0 Å². The molecule has 2 rings (SSSR count). The van der Waals surface area contributed by atoms with E-state index in [-0.39, 0.29) is 12.0 Å². The van der Waals surface area contributed by atoms with Gasteiger partial charge in [0, 0.05) is 12.6 Å². The Hall–Kier alpha value is -1.46. The molecule has 1 aliphatic rings. The van der Waals surface area contributed by atoms with Crippen LogP contribution in [0.3, 0.4) is 0 Å². The van der Waals surface area contributed by atoms with E-state index >= 15 is 0 Å². The van der Waals surface area contributed by atoms with Gasteiger partial charge in [-0.05, 0) is 30.0 Å². The Morgan fingerprint density at radius 2 is 2.19 bits per heavy atom. The van der Waals surface area contributed by atoms with Crippen molar-refractivity contribution in [1.29, 1.82) is 0 Å². The average Bonchev–Trinajstić information content (AvgIpc) is 2.96. The third kappa shape index (κ3) is 2.94. The Kier molecular flexibility index (Phi) is 4.96. The van der Waals surface area contributed by atoms with Crippen molar-refractivity contribution >= 4 is 17.6 Å². The first-order chi connectivity index (χ1) is 10.0. The molecular weight excluding hydrogens is 294 g/mol. The molecule has 5 nitrogen and oxygen atoms in total. The molecule has 0 radical (unpaired) electrons. The van der Waals surface area contributed by atoms with Gasteiger partial charge >= 0.3 is 5.97 Å².